The van der Waals surface area contributed by atoms with Crippen molar-refractivity contribution in [2.24, 2.45) is 0 Å². The molecular formula is C22H14N2O5S2. The molecule has 0 atom stereocenters. The lowest BCUT2D eigenvalue weighted by Crippen LogP contribution is -2.54. The Hall–Kier alpha value is -3.82. The number of carboxylic acid groups (broad SMARTS) is 1. The third-order valence-electron chi connectivity index (χ3n) is 4.30. The second kappa shape index (κ2) is 8.50. The summed E-state index contributed by atoms with van der Waals surface area (Å²) >= 11 is 6.16. The van der Waals surface area contributed by atoms with Gasteiger partial charge in [-0.25, -0.2) is 4.79 Å². The van der Waals surface area contributed by atoms with E-state index >= 15 is 0 Å². The van der Waals surface area contributed by atoms with Crippen molar-refractivity contribution in [3.8, 4) is 11.5 Å². The summed E-state index contributed by atoms with van der Waals surface area (Å²) in [4.78, 5) is 38.2. The molecule has 4 rings (SSSR count). The number of thiocarbonyl (C=S) groups is 1. The molecule has 154 valence electrons. The van der Waals surface area contributed by atoms with Crippen molar-refractivity contribution >= 4 is 58.2 Å². The Morgan fingerprint density at radius 1 is 1.00 bits per heavy atom. The van der Waals surface area contributed by atoms with E-state index in [1.165, 1.54) is 23.1 Å². The number of hydrogen-bond acceptors (Lipinski definition) is 6. The number of amides is 2. The van der Waals surface area contributed by atoms with Gasteiger partial charge in [0.1, 0.15) is 21.9 Å². The lowest BCUT2D eigenvalue weighted by atomic mass is 10.1. The van der Waals surface area contributed by atoms with E-state index in [1.54, 1.807) is 24.3 Å². The molecule has 9 heteroatoms. The van der Waals surface area contributed by atoms with Gasteiger partial charge in [0, 0.05) is 4.88 Å². The van der Waals surface area contributed by atoms with Gasteiger partial charge in [-0.05, 0) is 66.8 Å². The number of benzene rings is 2. The van der Waals surface area contributed by atoms with Crippen molar-refractivity contribution in [2.75, 3.05) is 4.90 Å². The van der Waals surface area contributed by atoms with E-state index in [-0.39, 0.29) is 15.6 Å². The topological polar surface area (TPSA) is 95.9 Å². The fourth-order valence-corrected chi connectivity index (χ4v) is 3.94. The van der Waals surface area contributed by atoms with Crippen LogP contribution in [-0.2, 0) is 9.59 Å². The van der Waals surface area contributed by atoms with E-state index in [0.29, 0.717) is 22.1 Å². The molecule has 2 aromatic carbocycles. The highest BCUT2D eigenvalue weighted by Crippen LogP contribution is 2.28. The molecule has 31 heavy (non-hydrogen) atoms. The molecule has 1 aliphatic heterocycles. The molecular weight excluding hydrogens is 436 g/mol. The van der Waals surface area contributed by atoms with Gasteiger partial charge in [0.2, 0.25) is 0 Å². The molecule has 2 N–H and O–H groups in total. The van der Waals surface area contributed by atoms with Crippen LogP contribution in [0.3, 0.4) is 0 Å². The summed E-state index contributed by atoms with van der Waals surface area (Å²) in [5.74, 6) is -1.06. The molecule has 1 fully saturated rings. The van der Waals surface area contributed by atoms with Crippen LogP contribution in [0.2, 0.25) is 0 Å². The number of para-hydroxylation sites is 1. The number of hydrogen-bond donors (Lipinski definition) is 2. The van der Waals surface area contributed by atoms with E-state index in [2.05, 4.69) is 5.32 Å². The number of anilines is 1. The van der Waals surface area contributed by atoms with Crippen LogP contribution in [0.4, 0.5) is 5.69 Å². The first-order valence-corrected chi connectivity index (χ1v) is 10.2. The van der Waals surface area contributed by atoms with Gasteiger partial charge >= 0.3 is 5.97 Å². The minimum absolute atomic E-state index is 0.0405. The zero-order valence-corrected chi connectivity index (χ0v) is 17.4. The first kappa shape index (κ1) is 20.5. The van der Waals surface area contributed by atoms with E-state index in [0.717, 1.165) is 11.3 Å². The maximum Gasteiger partial charge on any atom is 0.345 e. The van der Waals surface area contributed by atoms with Crippen molar-refractivity contribution in [2.45, 2.75) is 0 Å². The highest BCUT2D eigenvalue weighted by atomic mass is 32.1. The van der Waals surface area contributed by atoms with Crippen LogP contribution in [0.15, 0.2) is 72.3 Å². The average Bonchev–Trinajstić information content (AvgIpc) is 3.22. The predicted octanol–water partition coefficient (Wildman–Crippen LogP) is 4.07. The fourth-order valence-electron chi connectivity index (χ4n) is 2.87. The second-order valence-electron chi connectivity index (χ2n) is 6.37. The number of nitrogens with zero attached hydrogens (tertiary/aromatic N) is 1. The molecule has 0 spiro atoms. The minimum atomic E-state index is -1.07. The van der Waals surface area contributed by atoms with Crippen LogP contribution >= 0.6 is 23.6 Å². The molecule has 0 saturated carbocycles. The van der Waals surface area contributed by atoms with Gasteiger partial charge in [0.05, 0.1) is 5.69 Å². The Labute approximate surface area is 186 Å². The maximum absolute atomic E-state index is 13.0. The van der Waals surface area contributed by atoms with Crippen LogP contribution in [0, 0.1) is 0 Å². The lowest BCUT2D eigenvalue weighted by molar-refractivity contribution is -0.122. The Morgan fingerprint density at radius 3 is 2.32 bits per heavy atom. The Bertz CT molecular complexity index is 1220. The molecule has 1 aliphatic rings. The number of thiophene rings is 1. The van der Waals surface area contributed by atoms with Gasteiger partial charge in [0.15, 0.2) is 5.11 Å². The van der Waals surface area contributed by atoms with Crippen molar-refractivity contribution in [1.82, 2.24) is 5.32 Å². The van der Waals surface area contributed by atoms with Crippen LogP contribution in [0.5, 0.6) is 11.5 Å². The molecule has 7 nitrogen and oxygen atoms in total. The van der Waals surface area contributed by atoms with Crippen molar-refractivity contribution < 1.29 is 24.2 Å². The van der Waals surface area contributed by atoms with E-state index in [1.807, 2.05) is 30.3 Å². The van der Waals surface area contributed by atoms with Crippen LogP contribution in [0.1, 0.15) is 14.5 Å². The zero-order valence-electron chi connectivity index (χ0n) is 15.8. The summed E-state index contributed by atoms with van der Waals surface area (Å²) in [6, 6.07) is 18.9. The summed E-state index contributed by atoms with van der Waals surface area (Å²) in [6.45, 7) is 0. The first-order chi connectivity index (χ1) is 14.9. The molecule has 2 heterocycles. The highest BCUT2D eigenvalue weighted by Gasteiger charge is 2.34. The quantitative estimate of drug-likeness (QED) is 0.346. The minimum Gasteiger partial charge on any atom is -0.477 e. The van der Waals surface area contributed by atoms with E-state index in [9.17, 15) is 14.4 Å². The van der Waals surface area contributed by atoms with E-state index < -0.39 is 17.8 Å². The number of nitrogens with one attached hydrogen (secondary N) is 1. The smallest absolute Gasteiger partial charge is 0.345 e. The summed E-state index contributed by atoms with van der Waals surface area (Å²) in [7, 11) is 0. The zero-order chi connectivity index (χ0) is 22.0. The fraction of sp³-hybridized carbons (Fsp3) is 0. The molecule has 0 bridgehead atoms. The van der Waals surface area contributed by atoms with Gasteiger partial charge in [-0.15, -0.1) is 11.3 Å². The lowest BCUT2D eigenvalue weighted by Gasteiger charge is -2.28. The number of ether oxygens (including phenoxy) is 1. The van der Waals surface area contributed by atoms with Crippen LogP contribution in [0.25, 0.3) is 6.08 Å². The van der Waals surface area contributed by atoms with E-state index in [4.69, 9.17) is 22.1 Å². The summed E-state index contributed by atoms with van der Waals surface area (Å²) in [5, 5.41) is 11.5. The molecule has 0 aliphatic carbocycles. The Morgan fingerprint density at radius 2 is 1.68 bits per heavy atom. The first-order valence-electron chi connectivity index (χ1n) is 9.00. The van der Waals surface area contributed by atoms with Gasteiger partial charge in [-0.3, -0.25) is 19.8 Å². The number of aromatic carboxylic acids is 1. The third-order valence-corrected chi connectivity index (χ3v) is 5.60. The molecule has 0 radical (unpaired) electrons. The van der Waals surface area contributed by atoms with Gasteiger partial charge in [0.25, 0.3) is 11.8 Å². The van der Waals surface area contributed by atoms with Gasteiger partial charge < -0.3 is 9.84 Å². The second-order valence-corrected chi connectivity index (χ2v) is 7.88. The Kier molecular flexibility index (Phi) is 5.61. The summed E-state index contributed by atoms with van der Waals surface area (Å²) in [6.07, 6.45) is 1.36. The summed E-state index contributed by atoms with van der Waals surface area (Å²) in [5.41, 5.74) is 0.315. The standard InChI is InChI=1S/C22H14N2O5S2/c25-19-17(12-16-10-11-18(31-16)21(27)28)20(26)24(22(30)23-19)13-6-8-15(9-7-13)29-14-4-2-1-3-5-14/h1-12H,(H,27,28)(H,23,25,30). The SMILES string of the molecule is O=C1NC(=S)N(c2ccc(Oc3ccccc3)cc2)C(=O)C1=Cc1ccc(C(=O)O)s1. The Balaban J connectivity index is 1.59. The molecule has 1 saturated heterocycles. The van der Waals surface area contributed by atoms with Crippen LogP contribution < -0.4 is 15.0 Å². The number of carbonyl (C=O) groups excluding carboxylic acids is 2. The average molecular weight is 450 g/mol. The van der Waals surface area contributed by atoms with Crippen molar-refractivity contribution in [3.63, 3.8) is 0 Å². The summed E-state index contributed by atoms with van der Waals surface area (Å²) < 4.78 is 5.75. The number of carbonyl (C=O) groups is 3. The monoisotopic (exact) mass is 450 g/mol. The molecule has 0 unspecified atom stereocenters. The third kappa shape index (κ3) is 4.37. The van der Waals surface area contributed by atoms with Crippen molar-refractivity contribution in [3.05, 3.63) is 82.1 Å². The largest absolute Gasteiger partial charge is 0.477 e. The van der Waals surface area contributed by atoms with Gasteiger partial charge in [-0.1, -0.05) is 18.2 Å². The normalized spacial score (nSPS) is 15.2. The van der Waals surface area contributed by atoms with Crippen molar-refractivity contribution in [1.29, 1.82) is 0 Å². The molecule has 1 aromatic heterocycles. The van der Waals surface area contributed by atoms with Gasteiger partial charge in [-0.2, -0.15) is 0 Å². The van der Waals surface area contributed by atoms with Crippen LogP contribution in [-0.4, -0.2) is 28.0 Å². The predicted molar refractivity (Wildman–Crippen MR) is 120 cm³/mol. The highest BCUT2D eigenvalue weighted by molar-refractivity contribution is 7.80. The molecule has 2 amide bonds. The maximum atomic E-state index is 13.0. The molecule has 3 aromatic rings. The number of carboxylic acids is 1. The number of rotatable bonds is 5.